The van der Waals surface area contributed by atoms with Gasteiger partial charge in [-0.1, -0.05) is 0 Å². The Morgan fingerprint density at radius 2 is 2.08 bits per heavy atom. The number of aryl methyl sites for hydroxylation is 1. The Bertz CT molecular complexity index is 1020. The van der Waals surface area contributed by atoms with Gasteiger partial charge in [-0.2, -0.15) is 0 Å². The second-order valence-corrected chi connectivity index (χ2v) is 6.20. The Morgan fingerprint density at radius 1 is 1.33 bits per heavy atom. The first-order valence-corrected chi connectivity index (χ1v) is 7.76. The van der Waals surface area contributed by atoms with Gasteiger partial charge in [0.1, 0.15) is 11.6 Å². The van der Waals surface area contributed by atoms with Crippen molar-refractivity contribution < 1.29 is 9.50 Å². The van der Waals surface area contributed by atoms with Gasteiger partial charge in [-0.05, 0) is 49.6 Å². The van der Waals surface area contributed by atoms with Crippen molar-refractivity contribution in [2.24, 2.45) is 0 Å². The molecular formula is C18H16FN3O2. The molecular weight excluding hydrogens is 309 g/mol. The molecule has 6 heteroatoms. The van der Waals surface area contributed by atoms with E-state index in [1.165, 1.54) is 18.3 Å². The third kappa shape index (κ3) is 2.14. The van der Waals surface area contributed by atoms with Crippen LogP contribution in [0.4, 0.5) is 10.2 Å². The second kappa shape index (κ2) is 5.06. The van der Waals surface area contributed by atoms with E-state index in [1.807, 2.05) is 0 Å². The minimum Gasteiger partial charge on any atom is -0.503 e. The zero-order valence-corrected chi connectivity index (χ0v) is 13.1. The molecule has 1 aliphatic rings. The summed E-state index contributed by atoms with van der Waals surface area (Å²) < 4.78 is 16.3. The van der Waals surface area contributed by atoms with Gasteiger partial charge in [-0.3, -0.25) is 4.79 Å². The molecule has 24 heavy (non-hydrogen) atoms. The molecule has 2 aromatic heterocycles. The lowest BCUT2D eigenvalue weighted by Crippen LogP contribution is -2.20. The number of pyridine rings is 2. The lowest BCUT2D eigenvalue weighted by atomic mass is 9.97. The Labute approximate surface area is 137 Å². The molecule has 3 N–H and O–H groups in total. The van der Waals surface area contributed by atoms with E-state index >= 15 is 0 Å². The van der Waals surface area contributed by atoms with E-state index in [1.54, 1.807) is 23.6 Å². The highest BCUT2D eigenvalue weighted by Gasteiger charge is 2.29. The van der Waals surface area contributed by atoms with Gasteiger partial charge in [0.05, 0.1) is 5.52 Å². The highest BCUT2D eigenvalue weighted by Crippen LogP contribution is 2.40. The Balaban J connectivity index is 2.10. The molecule has 1 aromatic carbocycles. The number of fused-ring (bicyclic) bond motifs is 1. The molecule has 2 heterocycles. The second-order valence-electron chi connectivity index (χ2n) is 6.20. The number of nitrogens with two attached hydrogens (primary N) is 1. The summed E-state index contributed by atoms with van der Waals surface area (Å²) in [5.41, 5.74) is 7.48. The standard InChI is InChI=1S/C18H16FN3O2/c1-9-16(10-2-5-15(20)21-8-10)13(19)6-11-7-14(23)18(24)22(17(9)11)12-3-4-12/h2,5-8,12,23H,3-4H2,1H3,(H2,20,21). The molecule has 0 unspecified atom stereocenters. The number of aromatic nitrogens is 2. The Hall–Kier alpha value is -2.89. The highest BCUT2D eigenvalue weighted by molar-refractivity contribution is 5.90. The molecule has 0 radical (unpaired) electrons. The number of benzene rings is 1. The number of hydrogen-bond acceptors (Lipinski definition) is 4. The van der Waals surface area contributed by atoms with Crippen LogP contribution < -0.4 is 11.3 Å². The topological polar surface area (TPSA) is 81.1 Å². The van der Waals surface area contributed by atoms with Crippen molar-refractivity contribution in [2.75, 3.05) is 5.73 Å². The minimum atomic E-state index is -0.430. The molecule has 1 saturated carbocycles. The predicted molar refractivity (Wildman–Crippen MR) is 90.5 cm³/mol. The summed E-state index contributed by atoms with van der Waals surface area (Å²) in [7, 11) is 0. The smallest absolute Gasteiger partial charge is 0.293 e. The van der Waals surface area contributed by atoms with Crippen LogP contribution in [0.3, 0.4) is 0 Å². The van der Waals surface area contributed by atoms with Crippen LogP contribution in [0.2, 0.25) is 0 Å². The van der Waals surface area contributed by atoms with Crippen LogP contribution in [0.1, 0.15) is 24.4 Å². The van der Waals surface area contributed by atoms with Crippen molar-refractivity contribution in [1.29, 1.82) is 0 Å². The molecule has 0 amide bonds. The van der Waals surface area contributed by atoms with Crippen LogP contribution >= 0.6 is 0 Å². The molecule has 0 bridgehead atoms. The van der Waals surface area contributed by atoms with Crippen molar-refractivity contribution in [3.05, 3.63) is 52.2 Å². The molecule has 3 aromatic rings. The van der Waals surface area contributed by atoms with Crippen LogP contribution in [0, 0.1) is 12.7 Å². The van der Waals surface area contributed by atoms with E-state index in [2.05, 4.69) is 4.98 Å². The monoisotopic (exact) mass is 325 g/mol. The summed E-state index contributed by atoms with van der Waals surface area (Å²) in [6.45, 7) is 1.78. The zero-order valence-electron chi connectivity index (χ0n) is 13.1. The number of nitrogens with zero attached hydrogens (tertiary/aromatic N) is 2. The fourth-order valence-corrected chi connectivity index (χ4v) is 3.24. The van der Waals surface area contributed by atoms with Gasteiger partial charge < -0.3 is 15.4 Å². The van der Waals surface area contributed by atoms with E-state index in [0.717, 1.165) is 12.8 Å². The van der Waals surface area contributed by atoms with E-state index in [0.29, 0.717) is 33.4 Å². The Kier molecular flexibility index (Phi) is 3.09. The fourth-order valence-electron chi connectivity index (χ4n) is 3.24. The average Bonchev–Trinajstić information content (AvgIpc) is 3.36. The van der Waals surface area contributed by atoms with Gasteiger partial charge in [0, 0.05) is 28.8 Å². The number of rotatable bonds is 2. The first-order valence-electron chi connectivity index (χ1n) is 7.76. The number of nitrogen functional groups attached to an aromatic ring is 1. The maximum absolute atomic E-state index is 14.7. The fraction of sp³-hybridized carbons (Fsp3) is 0.222. The SMILES string of the molecule is Cc1c(-c2ccc(N)nc2)c(F)cc2cc(O)c(=O)n(C3CC3)c12. The summed E-state index contributed by atoms with van der Waals surface area (Å²) in [5, 5.41) is 10.4. The Morgan fingerprint density at radius 3 is 2.71 bits per heavy atom. The quantitative estimate of drug-likeness (QED) is 0.758. The van der Waals surface area contributed by atoms with E-state index < -0.39 is 11.4 Å². The third-order valence-corrected chi connectivity index (χ3v) is 4.48. The van der Waals surface area contributed by atoms with Crippen LogP contribution in [-0.2, 0) is 0 Å². The summed E-state index contributed by atoms with van der Waals surface area (Å²) >= 11 is 0. The van der Waals surface area contributed by atoms with Crippen LogP contribution in [0.15, 0.2) is 35.3 Å². The summed E-state index contributed by atoms with van der Waals surface area (Å²) in [5.74, 6) is -0.417. The first kappa shape index (κ1) is 14.7. The number of halogens is 1. The van der Waals surface area contributed by atoms with Gasteiger partial charge in [-0.15, -0.1) is 0 Å². The molecule has 0 atom stereocenters. The lowest BCUT2D eigenvalue weighted by molar-refractivity contribution is 0.460. The average molecular weight is 325 g/mol. The molecule has 4 rings (SSSR count). The van der Waals surface area contributed by atoms with E-state index in [-0.39, 0.29) is 11.8 Å². The van der Waals surface area contributed by atoms with Gasteiger partial charge in [0.2, 0.25) is 0 Å². The zero-order chi connectivity index (χ0) is 17.0. The summed E-state index contributed by atoms with van der Waals surface area (Å²) in [6.07, 6.45) is 3.29. The molecule has 1 aliphatic carbocycles. The minimum absolute atomic E-state index is 0.0636. The van der Waals surface area contributed by atoms with Gasteiger partial charge in [-0.25, -0.2) is 9.37 Å². The van der Waals surface area contributed by atoms with E-state index in [9.17, 15) is 14.3 Å². The number of anilines is 1. The third-order valence-electron chi connectivity index (χ3n) is 4.48. The molecule has 5 nitrogen and oxygen atoms in total. The van der Waals surface area contributed by atoms with E-state index in [4.69, 9.17) is 5.73 Å². The van der Waals surface area contributed by atoms with Crippen molar-refractivity contribution in [2.45, 2.75) is 25.8 Å². The maximum atomic E-state index is 14.7. The molecule has 0 spiro atoms. The van der Waals surface area contributed by atoms with Crippen molar-refractivity contribution in [3.8, 4) is 16.9 Å². The van der Waals surface area contributed by atoms with Crippen LogP contribution in [0.5, 0.6) is 5.75 Å². The predicted octanol–water partition coefficient (Wildman–Crippen LogP) is 3.13. The molecule has 122 valence electrons. The lowest BCUT2D eigenvalue weighted by Gasteiger charge is -2.16. The summed E-state index contributed by atoms with van der Waals surface area (Å²) in [4.78, 5) is 16.4. The summed E-state index contributed by atoms with van der Waals surface area (Å²) in [6, 6.07) is 6.07. The van der Waals surface area contributed by atoms with Gasteiger partial charge in [0.25, 0.3) is 5.56 Å². The van der Waals surface area contributed by atoms with Crippen molar-refractivity contribution in [1.82, 2.24) is 9.55 Å². The van der Waals surface area contributed by atoms with Gasteiger partial charge >= 0.3 is 0 Å². The first-order chi connectivity index (χ1) is 11.5. The highest BCUT2D eigenvalue weighted by atomic mass is 19.1. The van der Waals surface area contributed by atoms with Crippen molar-refractivity contribution >= 4 is 16.7 Å². The van der Waals surface area contributed by atoms with Crippen LogP contribution in [-0.4, -0.2) is 14.7 Å². The largest absolute Gasteiger partial charge is 0.503 e. The molecule has 0 aliphatic heterocycles. The van der Waals surface area contributed by atoms with Crippen LogP contribution in [0.25, 0.3) is 22.0 Å². The van der Waals surface area contributed by atoms with Crippen molar-refractivity contribution in [3.63, 3.8) is 0 Å². The molecule has 1 fully saturated rings. The number of aromatic hydroxyl groups is 1. The molecule has 0 saturated heterocycles. The normalized spacial score (nSPS) is 14.2. The number of hydrogen-bond donors (Lipinski definition) is 2. The van der Waals surface area contributed by atoms with Gasteiger partial charge in [0.15, 0.2) is 5.75 Å². The maximum Gasteiger partial charge on any atom is 0.293 e.